The zero-order valence-corrected chi connectivity index (χ0v) is 11.7. The Kier molecular flexibility index (Phi) is 3.75. The van der Waals surface area contributed by atoms with Crippen molar-refractivity contribution in [2.75, 3.05) is 5.75 Å². The number of thioether (sulfide) groups is 2. The van der Waals surface area contributed by atoms with Gasteiger partial charge in [0, 0.05) is 16.9 Å². The van der Waals surface area contributed by atoms with Crippen LogP contribution in [0.5, 0.6) is 0 Å². The van der Waals surface area contributed by atoms with Gasteiger partial charge in [0.2, 0.25) is 5.91 Å². The highest BCUT2D eigenvalue weighted by molar-refractivity contribution is 8.03. The van der Waals surface area contributed by atoms with Gasteiger partial charge >= 0.3 is 0 Å². The highest BCUT2D eigenvalue weighted by Crippen LogP contribution is 2.35. The summed E-state index contributed by atoms with van der Waals surface area (Å²) in [6.07, 6.45) is 7.66. The Bertz CT molecular complexity index is 593. The van der Waals surface area contributed by atoms with Crippen LogP contribution in [0.15, 0.2) is 57.4 Å². The van der Waals surface area contributed by atoms with Gasteiger partial charge < -0.3 is 5.32 Å². The molecule has 0 fully saturated rings. The van der Waals surface area contributed by atoms with Crippen LogP contribution in [0, 0.1) is 0 Å². The van der Waals surface area contributed by atoms with Crippen LogP contribution < -0.4 is 5.32 Å². The summed E-state index contributed by atoms with van der Waals surface area (Å²) in [5, 5.41) is 3.58. The molecule has 1 unspecified atom stereocenters. The standard InChI is InChI=1S/C14H12N2OS2/c17-14(16-13-7-3-4-8-18-13)12-9-15-10-5-1-2-6-11(10)19-12/h1-7,9,12H,8H2,(H,16,17). The van der Waals surface area contributed by atoms with Gasteiger partial charge in [-0.15, -0.1) is 23.5 Å². The van der Waals surface area contributed by atoms with E-state index in [-0.39, 0.29) is 11.2 Å². The maximum absolute atomic E-state index is 12.2. The Labute approximate surface area is 120 Å². The quantitative estimate of drug-likeness (QED) is 0.909. The van der Waals surface area contributed by atoms with Crippen molar-refractivity contribution in [2.24, 2.45) is 4.99 Å². The molecule has 0 spiro atoms. The van der Waals surface area contributed by atoms with Crippen molar-refractivity contribution in [1.29, 1.82) is 0 Å². The molecule has 19 heavy (non-hydrogen) atoms. The molecule has 3 nitrogen and oxygen atoms in total. The first kappa shape index (κ1) is 12.6. The van der Waals surface area contributed by atoms with Crippen molar-refractivity contribution < 1.29 is 4.79 Å². The number of aliphatic imine (C=N–C) groups is 1. The SMILES string of the molecule is O=C(NC1=CC=CCS1)C1C=Nc2ccccc2S1. The van der Waals surface area contributed by atoms with Gasteiger partial charge in [0.1, 0.15) is 5.25 Å². The van der Waals surface area contributed by atoms with Crippen molar-refractivity contribution in [3.8, 4) is 0 Å². The number of benzene rings is 1. The fourth-order valence-electron chi connectivity index (χ4n) is 1.77. The van der Waals surface area contributed by atoms with E-state index in [0.717, 1.165) is 21.4 Å². The van der Waals surface area contributed by atoms with Crippen LogP contribution >= 0.6 is 23.5 Å². The van der Waals surface area contributed by atoms with E-state index < -0.39 is 0 Å². The van der Waals surface area contributed by atoms with Crippen LogP contribution in [-0.4, -0.2) is 23.1 Å². The molecule has 2 heterocycles. The predicted molar refractivity (Wildman–Crippen MR) is 82.1 cm³/mol. The summed E-state index contributed by atoms with van der Waals surface area (Å²) in [6, 6.07) is 7.87. The van der Waals surface area contributed by atoms with Gasteiger partial charge in [-0.3, -0.25) is 9.79 Å². The minimum atomic E-state index is -0.262. The minimum Gasteiger partial charge on any atom is -0.319 e. The molecule has 0 radical (unpaired) electrons. The molecule has 1 N–H and O–H groups in total. The summed E-state index contributed by atoms with van der Waals surface area (Å²) in [6.45, 7) is 0. The van der Waals surface area contributed by atoms with Gasteiger partial charge in [0.05, 0.1) is 10.7 Å². The van der Waals surface area contributed by atoms with E-state index in [9.17, 15) is 4.79 Å². The molecule has 1 amide bonds. The normalized spacial score (nSPS) is 20.6. The first-order valence-electron chi connectivity index (χ1n) is 5.93. The minimum absolute atomic E-state index is 0.0164. The monoisotopic (exact) mass is 288 g/mol. The maximum Gasteiger partial charge on any atom is 0.243 e. The van der Waals surface area contributed by atoms with Crippen LogP contribution in [0.1, 0.15) is 0 Å². The van der Waals surface area contributed by atoms with Gasteiger partial charge in [-0.1, -0.05) is 24.3 Å². The summed E-state index contributed by atoms with van der Waals surface area (Å²) >= 11 is 3.17. The molecule has 1 atom stereocenters. The molecule has 3 rings (SSSR count). The molecule has 2 aliphatic rings. The van der Waals surface area contributed by atoms with E-state index >= 15 is 0 Å². The molecule has 1 aromatic rings. The van der Waals surface area contributed by atoms with Gasteiger partial charge in [-0.05, 0) is 18.2 Å². The first-order valence-corrected chi connectivity index (χ1v) is 7.80. The Hall–Kier alpha value is -1.46. The predicted octanol–water partition coefficient (Wildman–Crippen LogP) is 3.12. The van der Waals surface area contributed by atoms with Crippen LogP contribution in [0.25, 0.3) is 0 Å². The molecule has 0 saturated carbocycles. The molecule has 0 saturated heterocycles. The van der Waals surface area contributed by atoms with Gasteiger partial charge in [0.15, 0.2) is 0 Å². The first-order chi connectivity index (χ1) is 9.33. The molecule has 0 aromatic heterocycles. The fraction of sp³-hybridized carbons (Fsp3) is 0.143. The number of fused-ring (bicyclic) bond motifs is 1. The van der Waals surface area contributed by atoms with Crippen molar-refractivity contribution in [3.63, 3.8) is 0 Å². The summed E-state index contributed by atoms with van der Waals surface area (Å²) < 4.78 is 0. The molecule has 1 aromatic carbocycles. The van der Waals surface area contributed by atoms with E-state index in [1.54, 1.807) is 18.0 Å². The number of nitrogens with zero attached hydrogens (tertiary/aromatic N) is 1. The van der Waals surface area contributed by atoms with E-state index in [0.29, 0.717) is 0 Å². The van der Waals surface area contributed by atoms with E-state index in [1.807, 2.05) is 36.4 Å². The molecule has 0 bridgehead atoms. The average Bonchev–Trinajstić information content (AvgIpc) is 2.48. The van der Waals surface area contributed by atoms with Crippen molar-refractivity contribution in [1.82, 2.24) is 5.32 Å². The number of hydrogen-bond donors (Lipinski definition) is 1. The summed E-state index contributed by atoms with van der Waals surface area (Å²) in [5.41, 5.74) is 0.936. The van der Waals surface area contributed by atoms with Gasteiger partial charge in [-0.25, -0.2) is 0 Å². The second-order valence-corrected chi connectivity index (χ2v) is 6.29. The Morgan fingerprint density at radius 2 is 2.26 bits per heavy atom. The third kappa shape index (κ3) is 2.93. The lowest BCUT2D eigenvalue weighted by Gasteiger charge is -2.18. The Balaban J connectivity index is 1.70. The third-order valence-electron chi connectivity index (χ3n) is 2.69. The number of carbonyl (C=O) groups is 1. The number of hydrogen-bond acceptors (Lipinski definition) is 4. The number of nitrogens with one attached hydrogen (secondary N) is 1. The second-order valence-electron chi connectivity index (χ2n) is 4.04. The van der Waals surface area contributed by atoms with E-state index in [1.165, 1.54) is 11.8 Å². The van der Waals surface area contributed by atoms with E-state index in [2.05, 4.69) is 16.4 Å². The molecular weight excluding hydrogens is 276 g/mol. The van der Waals surface area contributed by atoms with Gasteiger partial charge in [0.25, 0.3) is 0 Å². The molecule has 2 aliphatic heterocycles. The second kappa shape index (κ2) is 5.67. The largest absolute Gasteiger partial charge is 0.319 e. The number of carbonyl (C=O) groups excluding carboxylic acids is 1. The summed E-state index contributed by atoms with van der Waals surface area (Å²) in [5.74, 6) is 0.887. The molecular formula is C14H12N2OS2. The van der Waals surface area contributed by atoms with Crippen LogP contribution in [0.4, 0.5) is 5.69 Å². The van der Waals surface area contributed by atoms with Gasteiger partial charge in [-0.2, -0.15) is 0 Å². The van der Waals surface area contributed by atoms with Crippen molar-refractivity contribution in [2.45, 2.75) is 10.1 Å². The van der Waals surface area contributed by atoms with Crippen LogP contribution in [0.2, 0.25) is 0 Å². The van der Waals surface area contributed by atoms with E-state index in [4.69, 9.17) is 0 Å². The Morgan fingerprint density at radius 1 is 1.37 bits per heavy atom. The maximum atomic E-state index is 12.2. The highest BCUT2D eigenvalue weighted by Gasteiger charge is 2.23. The average molecular weight is 288 g/mol. The lowest BCUT2D eigenvalue weighted by molar-refractivity contribution is -0.118. The smallest absolute Gasteiger partial charge is 0.243 e. The topological polar surface area (TPSA) is 41.5 Å². The molecule has 0 aliphatic carbocycles. The fourth-order valence-corrected chi connectivity index (χ4v) is 3.46. The Morgan fingerprint density at radius 3 is 3.11 bits per heavy atom. The lowest BCUT2D eigenvalue weighted by Crippen LogP contribution is -2.33. The number of para-hydroxylation sites is 1. The van der Waals surface area contributed by atoms with Crippen molar-refractivity contribution >= 4 is 41.3 Å². The van der Waals surface area contributed by atoms with Crippen molar-refractivity contribution in [3.05, 3.63) is 47.5 Å². The molecule has 5 heteroatoms. The summed E-state index contributed by atoms with van der Waals surface area (Å²) in [7, 11) is 0. The zero-order valence-electron chi connectivity index (χ0n) is 10.1. The lowest BCUT2D eigenvalue weighted by atomic mass is 10.3. The number of amides is 1. The number of rotatable bonds is 2. The highest BCUT2D eigenvalue weighted by atomic mass is 32.2. The third-order valence-corrected chi connectivity index (χ3v) is 4.79. The summed E-state index contributed by atoms with van der Waals surface area (Å²) in [4.78, 5) is 17.6. The number of allylic oxidation sites excluding steroid dienone is 2. The molecule has 96 valence electrons. The van der Waals surface area contributed by atoms with Crippen LogP contribution in [-0.2, 0) is 4.79 Å². The van der Waals surface area contributed by atoms with Crippen LogP contribution in [0.3, 0.4) is 0 Å². The zero-order chi connectivity index (χ0) is 13.1.